The van der Waals surface area contributed by atoms with Crippen LogP contribution in [0, 0.1) is 11.3 Å². The maximum Gasteiger partial charge on any atom is 0.105 e. The zero-order chi connectivity index (χ0) is 14.8. The van der Waals surface area contributed by atoms with E-state index in [9.17, 15) is 5.26 Å². The van der Waals surface area contributed by atoms with E-state index in [1.807, 2.05) is 0 Å². The van der Waals surface area contributed by atoms with Crippen molar-refractivity contribution in [3.8, 4) is 6.07 Å². The van der Waals surface area contributed by atoms with Crippen LogP contribution in [0.2, 0.25) is 0 Å². The first kappa shape index (κ1) is 15.8. The molecule has 2 rings (SSSR count). The van der Waals surface area contributed by atoms with Gasteiger partial charge in [0.05, 0.1) is 6.07 Å². The Bertz CT molecular complexity index is 350. The summed E-state index contributed by atoms with van der Waals surface area (Å²) >= 11 is 0. The summed E-state index contributed by atoms with van der Waals surface area (Å²) in [7, 11) is 0. The predicted octanol–water partition coefficient (Wildman–Crippen LogP) is 1.83. The Labute approximate surface area is 124 Å². The van der Waals surface area contributed by atoms with Gasteiger partial charge in [0.15, 0.2) is 0 Å². The number of piperazine rings is 1. The Morgan fingerprint density at radius 1 is 1.15 bits per heavy atom. The van der Waals surface area contributed by atoms with Crippen LogP contribution < -0.4 is 5.32 Å². The van der Waals surface area contributed by atoms with E-state index in [1.165, 1.54) is 12.8 Å². The molecule has 0 radical (unpaired) electrons. The van der Waals surface area contributed by atoms with E-state index in [-0.39, 0.29) is 5.54 Å². The number of rotatable bonds is 6. The van der Waals surface area contributed by atoms with Gasteiger partial charge in [-0.15, -0.1) is 0 Å². The normalized spacial score (nSPS) is 26.2. The Morgan fingerprint density at radius 3 is 2.15 bits per heavy atom. The maximum absolute atomic E-state index is 9.48. The molecule has 1 aliphatic carbocycles. The molecule has 0 amide bonds. The highest BCUT2D eigenvalue weighted by Gasteiger charge is 2.35. The summed E-state index contributed by atoms with van der Waals surface area (Å²) in [6, 6.07) is 4.21. The molecule has 20 heavy (non-hydrogen) atoms. The van der Waals surface area contributed by atoms with Crippen LogP contribution in [0.1, 0.15) is 47.0 Å². The van der Waals surface area contributed by atoms with Gasteiger partial charge >= 0.3 is 0 Å². The highest BCUT2D eigenvalue weighted by Crippen LogP contribution is 2.25. The number of nitriles is 1. The Balaban J connectivity index is 1.82. The first-order chi connectivity index (χ1) is 9.43. The minimum atomic E-state index is -0.365. The summed E-state index contributed by atoms with van der Waals surface area (Å²) in [5.74, 6) is 0. The summed E-state index contributed by atoms with van der Waals surface area (Å²) in [5.41, 5.74) is -0.365. The quantitative estimate of drug-likeness (QED) is 0.805. The van der Waals surface area contributed by atoms with E-state index in [4.69, 9.17) is 0 Å². The van der Waals surface area contributed by atoms with Crippen LogP contribution in [0.15, 0.2) is 0 Å². The van der Waals surface area contributed by atoms with Crippen LogP contribution >= 0.6 is 0 Å². The molecular weight excluding hydrogens is 248 g/mol. The third kappa shape index (κ3) is 4.18. The molecule has 0 aromatic carbocycles. The molecule has 4 nitrogen and oxygen atoms in total. The first-order valence-electron chi connectivity index (χ1n) is 8.10. The van der Waals surface area contributed by atoms with Crippen LogP contribution in [0.5, 0.6) is 0 Å². The topological polar surface area (TPSA) is 42.3 Å². The van der Waals surface area contributed by atoms with Gasteiger partial charge in [0.2, 0.25) is 0 Å². The van der Waals surface area contributed by atoms with Crippen LogP contribution in [0.25, 0.3) is 0 Å². The molecule has 2 atom stereocenters. The molecule has 0 aromatic heterocycles. The molecule has 1 N–H and O–H groups in total. The molecule has 1 heterocycles. The lowest BCUT2D eigenvalue weighted by Crippen LogP contribution is -2.54. The second-order valence-electron chi connectivity index (χ2n) is 7.08. The van der Waals surface area contributed by atoms with Crippen molar-refractivity contribution >= 4 is 0 Å². The third-order valence-corrected chi connectivity index (χ3v) is 4.75. The van der Waals surface area contributed by atoms with Crippen molar-refractivity contribution < 1.29 is 0 Å². The van der Waals surface area contributed by atoms with E-state index in [2.05, 4.69) is 48.9 Å². The van der Waals surface area contributed by atoms with Crippen molar-refractivity contribution in [3.63, 3.8) is 0 Å². The SMILES string of the molecule is CC(C)N1CCN(C(C)CC(C)(C#N)NC2CC2)CC1. The summed E-state index contributed by atoms with van der Waals surface area (Å²) in [6.07, 6.45) is 3.39. The van der Waals surface area contributed by atoms with Crippen molar-refractivity contribution in [1.82, 2.24) is 15.1 Å². The fraction of sp³-hybridized carbons (Fsp3) is 0.938. The average molecular weight is 278 g/mol. The van der Waals surface area contributed by atoms with Crippen molar-refractivity contribution in [2.24, 2.45) is 0 Å². The molecule has 0 spiro atoms. The Hall–Kier alpha value is -0.630. The largest absolute Gasteiger partial charge is 0.298 e. The highest BCUT2D eigenvalue weighted by molar-refractivity contribution is 5.08. The molecule has 114 valence electrons. The number of hydrogen-bond donors (Lipinski definition) is 1. The van der Waals surface area contributed by atoms with Gasteiger partial charge in [-0.05, 0) is 47.0 Å². The Kier molecular flexibility index (Phi) is 5.06. The fourth-order valence-electron chi connectivity index (χ4n) is 3.23. The molecule has 1 aliphatic heterocycles. The van der Waals surface area contributed by atoms with E-state index in [0.29, 0.717) is 18.1 Å². The van der Waals surface area contributed by atoms with Gasteiger partial charge in [-0.3, -0.25) is 15.1 Å². The van der Waals surface area contributed by atoms with E-state index in [1.54, 1.807) is 0 Å². The first-order valence-corrected chi connectivity index (χ1v) is 8.10. The van der Waals surface area contributed by atoms with Crippen LogP contribution in [-0.4, -0.2) is 59.6 Å². The minimum Gasteiger partial charge on any atom is -0.298 e. The van der Waals surface area contributed by atoms with E-state index in [0.717, 1.165) is 32.6 Å². The van der Waals surface area contributed by atoms with Gasteiger partial charge in [-0.2, -0.15) is 5.26 Å². The van der Waals surface area contributed by atoms with Crippen molar-refractivity contribution in [3.05, 3.63) is 0 Å². The summed E-state index contributed by atoms with van der Waals surface area (Å²) in [4.78, 5) is 5.08. The zero-order valence-corrected chi connectivity index (χ0v) is 13.5. The van der Waals surface area contributed by atoms with Crippen molar-refractivity contribution in [2.45, 2.75) is 70.6 Å². The molecule has 1 saturated heterocycles. The number of nitrogens with one attached hydrogen (secondary N) is 1. The van der Waals surface area contributed by atoms with E-state index < -0.39 is 0 Å². The summed E-state index contributed by atoms with van der Waals surface area (Å²) in [5, 5.41) is 13.0. The van der Waals surface area contributed by atoms with Crippen molar-refractivity contribution in [2.75, 3.05) is 26.2 Å². The fourth-order valence-corrected chi connectivity index (χ4v) is 3.23. The van der Waals surface area contributed by atoms with Gasteiger partial charge in [0.1, 0.15) is 5.54 Å². The molecule has 2 aliphatic rings. The van der Waals surface area contributed by atoms with E-state index >= 15 is 0 Å². The second kappa shape index (κ2) is 6.43. The van der Waals surface area contributed by atoms with Crippen LogP contribution in [0.3, 0.4) is 0 Å². The second-order valence-corrected chi connectivity index (χ2v) is 7.08. The van der Waals surface area contributed by atoms with Gasteiger partial charge in [0.25, 0.3) is 0 Å². The minimum absolute atomic E-state index is 0.365. The van der Waals surface area contributed by atoms with Crippen LogP contribution in [0.4, 0.5) is 0 Å². The number of nitrogens with zero attached hydrogens (tertiary/aromatic N) is 3. The van der Waals surface area contributed by atoms with Crippen LogP contribution in [-0.2, 0) is 0 Å². The standard InChI is InChI=1S/C16H30N4/c1-13(2)19-7-9-20(10-8-19)14(3)11-16(4,12-17)18-15-5-6-15/h13-15,18H,5-11H2,1-4H3. The lowest BCUT2D eigenvalue weighted by Gasteiger charge is -2.41. The molecular formula is C16H30N4. The lowest BCUT2D eigenvalue weighted by atomic mass is 9.94. The smallest absolute Gasteiger partial charge is 0.105 e. The van der Waals surface area contributed by atoms with Gasteiger partial charge in [0, 0.05) is 44.3 Å². The maximum atomic E-state index is 9.48. The van der Waals surface area contributed by atoms with Gasteiger partial charge in [-0.1, -0.05) is 0 Å². The highest BCUT2D eigenvalue weighted by atomic mass is 15.3. The molecule has 0 aromatic rings. The third-order valence-electron chi connectivity index (χ3n) is 4.75. The molecule has 0 bridgehead atoms. The number of hydrogen-bond acceptors (Lipinski definition) is 4. The monoisotopic (exact) mass is 278 g/mol. The molecule has 2 fully saturated rings. The summed E-state index contributed by atoms with van der Waals surface area (Å²) in [6.45, 7) is 13.4. The van der Waals surface area contributed by atoms with Gasteiger partial charge in [-0.25, -0.2) is 0 Å². The predicted molar refractivity (Wildman–Crippen MR) is 82.5 cm³/mol. The molecule has 4 heteroatoms. The van der Waals surface area contributed by atoms with Crippen molar-refractivity contribution in [1.29, 1.82) is 5.26 Å². The lowest BCUT2D eigenvalue weighted by molar-refractivity contribution is 0.0741. The zero-order valence-electron chi connectivity index (χ0n) is 13.5. The summed E-state index contributed by atoms with van der Waals surface area (Å²) < 4.78 is 0. The van der Waals surface area contributed by atoms with Gasteiger partial charge < -0.3 is 0 Å². The Morgan fingerprint density at radius 2 is 1.70 bits per heavy atom. The molecule has 2 unspecified atom stereocenters. The average Bonchev–Trinajstić information content (AvgIpc) is 3.22. The molecule has 1 saturated carbocycles.